The number of β-amino-alcohol motifs (C(OH)–C–C–N with tert-alkyl or cyclic N) is 1. The molecule has 6 heteroatoms. The molecule has 0 amide bonds. The van der Waals surface area contributed by atoms with Crippen molar-refractivity contribution in [3.8, 4) is 5.75 Å². The van der Waals surface area contributed by atoms with Crippen LogP contribution < -0.4 is 5.32 Å². The molecule has 124 valence electrons. The number of aliphatic hydroxyl groups is 2. The van der Waals surface area contributed by atoms with Crippen molar-refractivity contribution < 1.29 is 25.2 Å². The molecular weight excluding hydrogens is 286 g/mol. The van der Waals surface area contributed by atoms with E-state index in [4.69, 9.17) is 10.2 Å². The summed E-state index contributed by atoms with van der Waals surface area (Å²) in [5, 5.41) is 39.2. The van der Waals surface area contributed by atoms with Gasteiger partial charge in [0.2, 0.25) is 0 Å². The van der Waals surface area contributed by atoms with Crippen LogP contribution in [0.25, 0.3) is 0 Å². The van der Waals surface area contributed by atoms with Crippen LogP contribution in [0.15, 0.2) is 30.9 Å². The van der Waals surface area contributed by atoms with Gasteiger partial charge in [-0.3, -0.25) is 0 Å². The van der Waals surface area contributed by atoms with Crippen LogP contribution in [0.1, 0.15) is 38.0 Å². The van der Waals surface area contributed by atoms with Gasteiger partial charge in [-0.15, -0.1) is 0 Å². The van der Waals surface area contributed by atoms with E-state index in [-0.39, 0.29) is 17.9 Å². The van der Waals surface area contributed by atoms with Gasteiger partial charge in [0.05, 0.1) is 12.7 Å². The second kappa shape index (κ2) is 9.19. The topological polar surface area (TPSA) is 110 Å². The van der Waals surface area contributed by atoms with Crippen LogP contribution >= 0.6 is 0 Å². The van der Waals surface area contributed by atoms with Gasteiger partial charge in [-0.05, 0) is 38.5 Å². The van der Waals surface area contributed by atoms with Crippen molar-refractivity contribution in [1.29, 1.82) is 0 Å². The predicted octanol–water partition coefficient (Wildman–Crippen LogP) is 1.56. The number of nitrogens with one attached hydrogen (secondary N) is 1. The zero-order valence-corrected chi connectivity index (χ0v) is 13.2. The standard InChI is InChI=1S/C13H21NO3.C3H4O2/c1-13(2,3)14-7-12(17)9-4-5-11(16)10(6-9)8-15;1-2-3(4)5/h4-6,12,14-17H,7-8H2,1-3H3;2H,1H2,(H,4,5)/t12-;/m0./s1. The summed E-state index contributed by atoms with van der Waals surface area (Å²) < 4.78 is 0. The molecule has 6 nitrogen and oxygen atoms in total. The molecule has 1 atom stereocenters. The smallest absolute Gasteiger partial charge is 0.327 e. The SMILES string of the molecule is C=CC(=O)O.CC(C)(C)NC[C@H](O)c1ccc(O)c(CO)c1. The molecule has 0 aliphatic rings. The molecule has 5 N–H and O–H groups in total. The number of aromatic hydroxyl groups is 1. The highest BCUT2D eigenvalue weighted by Gasteiger charge is 2.14. The van der Waals surface area contributed by atoms with E-state index < -0.39 is 12.1 Å². The summed E-state index contributed by atoms with van der Waals surface area (Å²) in [5.41, 5.74) is 1.05. The van der Waals surface area contributed by atoms with E-state index in [0.29, 0.717) is 17.7 Å². The highest BCUT2D eigenvalue weighted by molar-refractivity contribution is 5.78. The van der Waals surface area contributed by atoms with Gasteiger partial charge in [0.25, 0.3) is 0 Å². The quantitative estimate of drug-likeness (QED) is 0.528. The van der Waals surface area contributed by atoms with Gasteiger partial charge in [0, 0.05) is 23.7 Å². The second-order valence-corrected chi connectivity index (χ2v) is 5.74. The lowest BCUT2D eigenvalue weighted by atomic mass is 10.0. The predicted molar refractivity (Wildman–Crippen MR) is 84.6 cm³/mol. The number of rotatable bonds is 5. The monoisotopic (exact) mass is 311 g/mol. The first-order valence-corrected chi connectivity index (χ1v) is 6.81. The highest BCUT2D eigenvalue weighted by atomic mass is 16.4. The fourth-order valence-corrected chi connectivity index (χ4v) is 1.46. The first kappa shape index (κ1) is 20.1. The van der Waals surface area contributed by atoms with Crippen LogP contribution in [-0.2, 0) is 11.4 Å². The van der Waals surface area contributed by atoms with E-state index in [0.717, 1.165) is 6.08 Å². The molecule has 1 rings (SSSR count). The Bertz CT molecular complexity index is 494. The summed E-state index contributed by atoms with van der Waals surface area (Å²) in [5.74, 6) is -0.933. The minimum absolute atomic E-state index is 0.0484. The van der Waals surface area contributed by atoms with Crippen LogP contribution in [-0.4, -0.2) is 38.5 Å². The molecule has 0 heterocycles. The third kappa shape index (κ3) is 8.41. The number of aliphatic carboxylic acids is 1. The molecule has 0 aromatic heterocycles. The Morgan fingerprint density at radius 3 is 2.36 bits per heavy atom. The summed E-state index contributed by atoms with van der Waals surface area (Å²) in [6, 6.07) is 4.76. The van der Waals surface area contributed by atoms with E-state index >= 15 is 0 Å². The first-order chi connectivity index (χ1) is 10.1. The van der Waals surface area contributed by atoms with Crippen molar-refractivity contribution in [2.45, 2.75) is 39.0 Å². The second-order valence-electron chi connectivity index (χ2n) is 5.74. The van der Waals surface area contributed by atoms with Crippen LogP contribution in [0.2, 0.25) is 0 Å². The molecule has 0 unspecified atom stereocenters. The molecular formula is C16H25NO5. The van der Waals surface area contributed by atoms with Gasteiger partial charge >= 0.3 is 5.97 Å². The molecule has 0 fully saturated rings. The molecule has 0 saturated carbocycles. The third-order valence-electron chi connectivity index (χ3n) is 2.66. The molecule has 0 radical (unpaired) electrons. The maximum absolute atomic E-state index is 9.97. The number of hydrogen-bond acceptors (Lipinski definition) is 5. The van der Waals surface area contributed by atoms with Gasteiger partial charge in [-0.1, -0.05) is 12.6 Å². The molecule has 0 spiro atoms. The Labute approximate surface area is 130 Å². The molecule has 0 bridgehead atoms. The van der Waals surface area contributed by atoms with Crippen molar-refractivity contribution >= 4 is 5.97 Å². The average molecular weight is 311 g/mol. The Hall–Kier alpha value is -1.89. The average Bonchev–Trinajstić information content (AvgIpc) is 2.45. The minimum Gasteiger partial charge on any atom is -0.508 e. The van der Waals surface area contributed by atoms with Crippen LogP contribution in [0.4, 0.5) is 0 Å². The molecule has 22 heavy (non-hydrogen) atoms. The number of carbonyl (C=O) groups is 1. The summed E-state index contributed by atoms with van der Waals surface area (Å²) in [4.78, 5) is 9.25. The van der Waals surface area contributed by atoms with E-state index in [1.807, 2.05) is 20.8 Å². The van der Waals surface area contributed by atoms with Gasteiger partial charge in [0.1, 0.15) is 5.75 Å². The first-order valence-electron chi connectivity index (χ1n) is 6.81. The van der Waals surface area contributed by atoms with Crippen molar-refractivity contribution in [2.75, 3.05) is 6.54 Å². The zero-order valence-electron chi connectivity index (χ0n) is 13.2. The lowest BCUT2D eigenvalue weighted by Crippen LogP contribution is -2.38. The van der Waals surface area contributed by atoms with Gasteiger partial charge < -0.3 is 25.7 Å². The maximum atomic E-state index is 9.97. The van der Waals surface area contributed by atoms with E-state index in [1.165, 1.54) is 6.07 Å². The minimum atomic E-state index is -0.981. The molecule has 0 aliphatic carbocycles. The summed E-state index contributed by atoms with van der Waals surface area (Å²) >= 11 is 0. The largest absolute Gasteiger partial charge is 0.508 e. The number of carboxylic acid groups (broad SMARTS) is 1. The van der Waals surface area contributed by atoms with Gasteiger partial charge in [-0.25, -0.2) is 4.79 Å². The number of carboxylic acids is 1. The van der Waals surface area contributed by atoms with Crippen molar-refractivity contribution in [3.05, 3.63) is 42.0 Å². The van der Waals surface area contributed by atoms with Crippen LogP contribution in [0.5, 0.6) is 5.75 Å². The van der Waals surface area contributed by atoms with Crippen molar-refractivity contribution in [2.24, 2.45) is 0 Å². The Morgan fingerprint density at radius 2 is 1.95 bits per heavy atom. The Morgan fingerprint density at radius 1 is 1.41 bits per heavy atom. The lowest BCUT2D eigenvalue weighted by Gasteiger charge is -2.23. The van der Waals surface area contributed by atoms with Gasteiger partial charge in [0.15, 0.2) is 0 Å². The molecule has 0 aliphatic heterocycles. The van der Waals surface area contributed by atoms with E-state index in [1.54, 1.807) is 12.1 Å². The van der Waals surface area contributed by atoms with E-state index in [9.17, 15) is 15.0 Å². The Balaban J connectivity index is 0.000000763. The number of benzene rings is 1. The van der Waals surface area contributed by atoms with Gasteiger partial charge in [-0.2, -0.15) is 0 Å². The zero-order chi connectivity index (χ0) is 17.3. The fraction of sp³-hybridized carbons (Fsp3) is 0.438. The summed E-state index contributed by atoms with van der Waals surface area (Å²) in [6.07, 6.45) is 0.181. The number of aliphatic hydroxyl groups excluding tert-OH is 2. The third-order valence-corrected chi connectivity index (χ3v) is 2.66. The fourth-order valence-electron chi connectivity index (χ4n) is 1.46. The highest BCUT2D eigenvalue weighted by Crippen LogP contribution is 2.22. The van der Waals surface area contributed by atoms with Crippen LogP contribution in [0, 0.1) is 0 Å². The molecule has 0 saturated heterocycles. The summed E-state index contributed by atoms with van der Waals surface area (Å²) in [7, 11) is 0. The summed E-state index contributed by atoms with van der Waals surface area (Å²) in [6.45, 7) is 9.22. The lowest BCUT2D eigenvalue weighted by molar-refractivity contribution is -0.131. The maximum Gasteiger partial charge on any atom is 0.327 e. The Kier molecular flexibility index (Phi) is 8.40. The molecule has 1 aromatic carbocycles. The molecule has 1 aromatic rings. The number of phenols is 1. The van der Waals surface area contributed by atoms with E-state index in [2.05, 4.69) is 11.9 Å². The van der Waals surface area contributed by atoms with Crippen molar-refractivity contribution in [1.82, 2.24) is 5.32 Å². The normalized spacial score (nSPS) is 12.0. The number of hydrogen-bond donors (Lipinski definition) is 5. The van der Waals surface area contributed by atoms with Crippen LogP contribution in [0.3, 0.4) is 0 Å². The van der Waals surface area contributed by atoms with Crippen molar-refractivity contribution in [3.63, 3.8) is 0 Å².